The summed E-state index contributed by atoms with van der Waals surface area (Å²) in [5, 5.41) is 3.43. The number of piperidine rings is 1. The maximum Gasteiger partial charge on any atom is 0.254 e. The molecule has 0 radical (unpaired) electrons. The quantitative estimate of drug-likeness (QED) is 0.772. The third-order valence-corrected chi connectivity index (χ3v) is 5.54. The van der Waals surface area contributed by atoms with Gasteiger partial charge in [0.25, 0.3) is 5.56 Å². The van der Waals surface area contributed by atoms with Gasteiger partial charge in [-0.15, -0.1) is 24.8 Å². The van der Waals surface area contributed by atoms with E-state index < -0.39 is 0 Å². The summed E-state index contributed by atoms with van der Waals surface area (Å²) < 4.78 is 6.18. The maximum absolute atomic E-state index is 11.8. The molecule has 3 aliphatic heterocycles. The van der Waals surface area contributed by atoms with Gasteiger partial charge in [-0.25, -0.2) is 4.98 Å². The minimum absolute atomic E-state index is 0. The Labute approximate surface area is 154 Å². The van der Waals surface area contributed by atoms with E-state index >= 15 is 0 Å². The van der Waals surface area contributed by atoms with Gasteiger partial charge in [0.15, 0.2) is 0 Å². The number of hydrogen-bond acceptors (Lipinski definition) is 5. The molecule has 0 amide bonds. The van der Waals surface area contributed by atoms with Gasteiger partial charge in [0.1, 0.15) is 0 Å². The highest BCUT2D eigenvalue weighted by molar-refractivity contribution is 5.85. The van der Waals surface area contributed by atoms with Gasteiger partial charge in [-0.2, -0.15) is 0 Å². The Kier molecular flexibility index (Phi) is 6.67. The average Bonchev–Trinajstić information content (AvgIpc) is 2.55. The molecule has 136 valence electrons. The van der Waals surface area contributed by atoms with Gasteiger partial charge < -0.3 is 15.0 Å². The standard InChI is InChI=1S/C16H24N4O2.2ClH/c21-15-13-1-7-20(10-14(13)18-11-19-15)12-2-8-22-16(9-12)3-5-17-6-4-16;;/h11-12,17H,1-10H2,(H,18,19,21);2*1H. The van der Waals surface area contributed by atoms with Crippen molar-refractivity contribution in [1.82, 2.24) is 20.2 Å². The first kappa shape index (κ1) is 19.7. The Morgan fingerprint density at radius 1 is 1.29 bits per heavy atom. The van der Waals surface area contributed by atoms with Gasteiger partial charge in [0, 0.05) is 31.3 Å². The maximum atomic E-state index is 11.8. The van der Waals surface area contributed by atoms with E-state index in [9.17, 15) is 4.79 Å². The Morgan fingerprint density at radius 2 is 2.08 bits per heavy atom. The summed E-state index contributed by atoms with van der Waals surface area (Å²) in [6.07, 6.45) is 6.78. The molecule has 3 aliphatic rings. The smallest absolute Gasteiger partial charge is 0.254 e. The van der Waals surface area contributed by atoms with Crippen LogP contribution in [0.1, 0.15) is 36.9 Å². The van der Waals surface area contributed by atoms with Gasteiger partial charge >= 0.3 is 0 Å². The fraction of sp³-hybridized carbons (Fsp3) is 0.750. The summed E-state index contributed by atoms with van der Waals surface area (Å²) in [4.78, 5) is 21.4. The predicted octanol–water partition coefficient (Wildman–Crippen LogP) is 1.27. The van der Waals surface area contributed by atoms with E-state index in [1.807, 2.05) is 0 Å². The second-order valence-electron chi connectivity index (χ2n) is 6.81. The van der Waals surface area contributed by atoms with E-state index in [2.05, 4.69) is 20.2 Å². The summed E-state index contributed by atoms with van der Waals surface area (Å²) >= 11 is 0. The third-order valence-electron chi connectivity index (χ3n) is 5.54. The number of halogens is 2. The van der Waals surface area contributed by atoms with Crippen molar-refractivity contribution in [2.24, 2.45) is 0 Å². The van der Waals surface area contributed by atoms with Crippen molar-refractivity contribution in [2.75, 3.05) is 26.2 Å². The van der Waals surface area contributed by atoms with Crippen LogP contribution in [-0.2, 0) is 17.7 Å². The lowest BCUT2D eigenvalue weighted by Crippen LogP contribution is -2.54. The minimum atomic E-state index is 0. The number of fused-ring (bicyclic) bond motifs is 1. The van der Waals surface area contributed by atoms with Crippen LogP contribution in [0.2, 0.25) is 0 Å². The molecule has 2 fully saturated rings. The van der Waals surface area contributed by atoms with Gasteiger partial charge in [-0.1, -0.05) is 0 Å². The lowest BCUT2D eigenvalue weighted by molar-refractivity contribution is -0.122. The molecule has 24 heavy (non-hydrogen) atoms. The first-order valence-corrected chi connectivity index (χ1v) is 8.40. The van der Waals surface area contributed by atoms with E-state index in [-0.39, 0.29) is 36.0 Å². The zero-order valence-electron chi connectivity index (χ0n) is 13.8. The highest BCUT2D eigenvalue weighted by Crippen LogP contribution is 2.36. The normalized spacial score (nSPS) is 26.1. The lowest BCUT2D eigenvalue weighted by atomic mass is 9.82. The number of aromatic nitrogens is 2. The summed E-state index contributed by atoms with van der Waals surface area (Å²) in [5.74, 6) is 0. The number of nitrogens with zero attached hydrogens (tertiary/aromatic N) is 2. The van der Waals surface area contributed by atoms with Crippen molar-refractivity contribution >= 4 is 24.8 Å². The molecule has 8 heteroatoms. The lowest BCUT2D eigenvalue weighted by Gasteiger charge is -2.47. The minimum Gasteiger partial charge on any atom is -0.375 e. The predicted molar refractivity (Wildman–Crippen MR) is 97.3 cm³/mol. The van der Waals surface area contributed by atoms with Crippen molar-refractivity contribution in [3.05, 3.63) is 27.9 Å². The molecule has 4 rings (SSSR count). The number of ether oxygens (including phenoxy) is 1. The molecule has 1 spiro atoms. The van der Waals surface area contributed by atoms with Gasteiger partial charge in [0.05, 0.1) is 17.6 Å². The van der Waals surface area contributed by atoms with Crippen LogP contribution in [-0.4, -0.2) is 52.8 Å². The highest BCUT2D eigenvalue weighted by atomic mass is 35.5. The molecule has 1 aromatic heterocycles. The second-order valence-corrected chi connectivity index (χ2v) is 6.81. The molecule has 0 aromatic carbocycles. The number of nitrogens with one attached hydrogen (secondary N) is 2. The molecule has 6 nitrogen and oxygen atoms in total. The molecule has 4 heterocycles. The van der Waals surface area contributed by atoms with Crippen molar-refractivity contribution in [3.63, 3.8) is 0 Å². The molecule has 2 saturated heterocycles. The van der Waals surface area contributed by atoms with Crippen molar-refractivity contribution < 1.29 is 4.74 Å². The Hall–Kier alpha value is -0.660. The van der Waals surface area contributed by atoms with E-state index in [4.69, 9.17) is 4.74 Å². The van der Waals surface area contributed by atoms with Crippen LogP contribution in [0.5, 0.6) is 0 Å². The zero-order valence-corrected chi connectivity index (χ0v) is 15.4. The largest absolute Gasteiger partial charge is 0.375 e. The van der Waals surface area contributed by atoms with Crippen molar-refractivity contribution in [2.45, 2.75) is 50.3 Å². The van der Waals surface area contributed by atoms with Gasteiger partial charge in [-0.3, -0.25) is 9.69 Å². The number of rotatable bonds is 1. The Bertz CT molecular complexity index is 598. The van der Waals surface area contributed by atoms with Crippen LogP contribution >= 0.6 is 24.8 Å². The Balaban J connectivity index is 0.00000104. The third kappa shape index (κ3) is 3.78. The molecule has 1 unspecified atom stereocenters. The van der Waals surface area contributed by atoms with Crippen LogP contribution in [0.25, 0.3) is 0 Å². The number of H-pyrrole nitrogens is 1. The van der Waals surface area contributed by atoms with Gasteiger partial charge in [0.2, 0.25) is 0 Å². The molecule has 1 atom stereocenters. The number of aromatic amines is 1. The topological polar surface area (TPSA) is 70.2 Å². The van der Waals surface area contributed by atoms with Crippen LogP contribution in [0.15, 0.2) is 11.1 Å². The summed E-state index contributed by atoms with van der Waals surface area (Å²) in [6.45, 7) is 4.74. The van der Waals surface area contributed by atoms with Crippen LogP contribution in [0, 0.1) is 0 Å². The summed E-state index contributed by atoms with van der Waals surface area (Å²) in [7, 11) is 0. The van der Waals surface area contributed by atoms with E-state index in [1.165, 1.54) is 6.33 Å². The molecule has 1 aromatic rings. The molecular formula is C16H26Cl2N4O2. The molecule has 0 bridgehead atoms. The van der Waals surface area contributed by atoms with E-state index in [0.717, 1.165) is 76.1 Å². The molecule has 0 aliphatic carbocycles. The highest BCUT2D eigenvalue weighted by Gasteiger charge is 2.40. The van der Waals surface area contributed by atoms with Crippen molar-refractivity contribution in [3.8, 4) is 0 Å². The van der Waals surface area contributed by atoms with E-state index in [1.54, 1.807) is 0 Å². The second kappa shape index (κ2) is 8.15. The first-order valence-electron chi connectivity index (χ1n) is 8.40. The SMILES string of the molecule is Cl.Cl.O=c1[nH]cnc2c1CCN(C1CCOC3(CCNCC3)C1)C2. The monoisotopic (exact) mass is 376 g/mol. The fourth-order valence-electron chi connectivity index (χ4n) is 4.24. The first-order chi connectivity index (χ1) is 10.8. The zero-order chi connectivity index (χ0) is 15.0. The fourth-order valence-corrected chi connectivity index (χ4v) is 4.24. The summed E-state index contributed by atoms with van der Waals surface area (Å²) in [6, 6.07) is 0.557. The van der Waals surface area contributed by atoms with Crippen LogP contribution < -0.4 is 10.9 Å². The van der Waals surface area contributed by atoms with Crippen LogP contribution in [0.3, 0.4) is 0 Å². The van der Waals surface area contributed by atoms with E-state index in [0.29, 0.717) is 6.04 Å². The average molecular weight is 377 g/mol. The van der Waals surface area contributed by atoms with Crippen molar-refractivity contribution in [1.29, 1.82) is 0 Å². The Morgan fingerprint density at radius 3 is 2.88 bits per heavy atom. The molecular weight excluding hydrogens is 351 g/mol. The molecule has 0 saturated carbocycles. The number of hydrogen-bond donors (Lipinski definition) is 2. The van der Waals surface area contributed by atoms with Gasteiger partial charge in [-0.05, 0) is 45.2 Å². The van der Waals surface area contributed by atoms with Crippen LogP contribution in [0.4, 0.5) is 0 Å². The molecule has 2 N–H and O–H groups in total. The summed E-state index contributed by atoms with van der Waals surface area (Å²) in [5.41, 5.74) is 1.95.